The van der Waals surface area contributed by atoms with Crippen molar-refractivity contribution >= 4 is 16.9 Å². The first kappa shape index (κ1) is 12.8. The largest absolute Gasteiger partial charge is 0.451 e. The van der Waals surface area contributed by atoms with Crippen LogP contribution in [0.5, 0.6) is 0 Å². The Hall–Kier alpha value is -2.18. The van der Waals surface area contributed by atoms with E-state index in [0.717, 1.165) is 0 Å². The summed E-state index contributed by atoms with van der Waals surface area (Å²) in [5.41, 5.74) is 2.90. The highest BCUT2D eigenvalue weighted by atomic mass is 16.5. The molecule has 2 aromatic rings. The molecule has 1 N–H and O–H groups in total. The maximum Gasteiger partial charge on any atom is 0.301 e. The molecule has 3 rings (SSSR count). The smallest absolute Gasteiger partial charge is 0.301 e. The standard InChI is InChI=1S/C14H14N2O4/c17-11-9-13(20-12-4-2-1-3-10(11)12)14(18)15-16-5-7-19-8-6-16/h1-4,9H,5-8H2,(H,15,18). The lowest BCUT2D eigenvalue weighted by molar-refractivity contribution is 0.0118. The summed E-state index contributed by atoms with van der Waals surface area (Å²) in [6.07, 6.45) is 0. The molecule has 1 aromatic carbocycles. The van der Waals surface area contributed by atoms with Crippen molar-refractivity contribution in [2.45, 2.75) is 0 Å². The van der Waals surface area contributed by atoms with Crippen LogP contribution in [-0.4, -0.2) is 37.2 Å². The normalized spacial score (nSPS) is 16.2. The van der Waals surface area contributed by atoms with Crippen molar-refractivity contribution in [1.29, 1.82) is 0 Å². The molecule has 0 saturated carbocycles. The molecule has 0 spiro atoms. The van der Waals surface area contributed by atoms with E-state index in [9.17, 15) is 9.59 Å². The minimum Gasteiger partial charge on any atom is -0.451 e. The number of para-hydroxylation sites is 1. The Kier molecular flexibility index (Phi) is 3.49. The van der Waals surface area contributed by atoms with E-state index in [0.29, 0.717) is 37.3 Å². The van der Waals surface area contributed by atoms with E-state index in [-0.39, 0.29) is 11.2 Å². The van der Waals surface area contributed by atoms with Crippen LogP contribution < -0.4 is 10.9 Å². The van der Waals surface area contributed by atoms with Gasteiger partial charge in [-0.05, 0) is 12.1 Å². The quantitative estimate of drug-likeness (QED) is 0.875. The molecule has 1 aliphatic heterocycles. The van der Waals surface area contributed by atoms with Crippen LogP contribution in [0.15, 0.2) is 39.5 Å². The molecule has 1 aliphatic rings. The predicted octanol–water partition coefficient (Wildman–Crippen LogP) is 0.770. The molecule has 104 valence electrons. The van der Waals surface area contributed by atoms with E-state index in [1.165, 1.54) is 6.07 Å². The number of amides is 1. The second-order valence-electron chi connectivity index (χ2n) is 4.51. The van der Waals surface area contributed by atoms with Crippen molar-refractivity contribution in [1.82, 2.24) is 10.4 Å². The second-order valence-corrected chi connectivity index (χ2v) is 4.51. The average molecular weight is 274 g/mol. The Morgan fingerprint density at radius 3 is 2.75 bits per heavy atom. The van der Waals surface area contributed by atoms with E-state index in [1.54, 1.807) is 29.3 Å². The van der Waals surface area contributed by atoms with Crippen LogP contribution in [0.2, 0.25) is 0 Å². The number of rotatable bonds is 2. The van der Waals surface area contributed by atoms with E-state index in [2.05, 4.69) is 5.43 Å². The van der Waals surface area contributed by atoms with Gasteiger partial charge in [-0.2, -0.15) is 0 Å². The number of benzene rings is 1. The van der Waals surface area contributed by atoms with Gasteiger partial charge in [0, 0.05) is 19.2 Å². The monoisotopic (exact) mass is 274 g/mol. The molecule has 2 heterocycles. The third-order valence-electron chi connectivity index (χ3n) is 3.13. The second kappa shape index (κ2) is 5.44. The molecule has 0 atom stereocenters. The maximum atomic E-state index is 12.1. The number of fused-ring (bicyclic) bond motifs is 1. The predicted molar refractivity (Wildman–Crippen MR) is 72.3 cm³/mol. The van der Waals surface area contributed by atoms with E-state index in [4.69, 9.17) is 9.15 Å². The molecule has 20 heavy (non-hydrogen) atoms. The maximum absolute atomic E-state index is 12.1. The SMILES string of the molecule is O=C(NN1CCOCC1)c1cc(=O)c2ccccc2o1. The number of hydrogen-bond donors (Lipinski definition) is 1. The van der Waals surface area contributed by atoms with Gasteiger partial charge in [-0.3, -0.25) is 15.0 Å². The Labute approximate surface area is 114 Å². The van der Waals surface area contributed by atoms with Crippen LogP contribution in [0.4, 0.5) is 0 Å². The van der Waals surface area contributed by atoms with Crippen molar-refractivity contribution < 1.29 is 13.9 Å². The van der Waals surface area contributed by atoms with Crippen molar-refractivity contribution in [2.24, 2.45) is 0 Å². The van der Waals surface area contributed by atoms with Gasteiger partial charge in [0.1, 0.15) is 5.58 Å². The fourth-order valence-corrected chi connectivity index (χ4v) is 2.09. The van der Waals surface area contributed by atoms with Gasteiger partial charge in [-0.15, -0.1) is 0 Å². The van der Waals surface area contributed by atoms with E-state index < -0.39 is 5.91 Å². The lowest BCUT2D eigenvalue weighted by Crippen LogP contribution is -2.48. The molecule has 0 radical (unpaired) electrons. The molecule has 0 unspecified atom stereocenters. The lowest BCUT2D eigenvalue weighted by atomic mass is 10.2. The number of morpholine rings is 1. The minimum atomic E-state index is -0.422. The molecule has 1 saturated heterocycles. The molecule has 0 aliphatic carbocycles. The highest BCUT2D eigenvalue weighted by Gasteiger charge is 2.17. The highest BCUT2D eigenvalue weighted by molar-refractivity contribution is 5.92. The Bertz CT molecular complexity index is 689. The van der Waals surface area contributed by atoms with Gasteiger partial charge in [-0.25, -0.2) is 5.01 Å². The highest BCUT2D eigenvalue weighted by Crippen LogP contribution is 2.11. The van der Waals surface area contributed by atoms with Crippen LogP contribution in [-0.2, 0) is 4.74 Å². The zero-order chi connectivity index (χ0) is 13.9. The van der Waals surface area contributed by atoms with Gasteiger partial charge in [-0.1, -0.05) is 12.1 Å². The summed E-state index contributed by atoms with van der Waals surface area (Å²) in [5.74, 6) is -0.407. The summed E-state index contributed by atoms with van der Waals surface area (Å²) in [5, 5.41) is 2.22. The molecule has 1 amide bonds. The van der Waals surface area contributed by atoms with Crippen LogP contribution in [0.3, 0.4) is 0 Å². The van der Waals surface area contributed by atoms with E-state index in [1.807, 2.05) is 0 Å². The molecule has 6 nitrogen and oxygen atoms in total. The minimum absolute atomic E-state index is 0.0141. The number of nitrogens with one attached hydrogen (secondary N) is 1. The summed E-state index contributed by atoms with van der Waals surface area (Å²) in [6.45, 7) is 2.37. The fourth-order valence-electron chi connectivity index (χ4n) is 2.09. The van der Waals surface area contributed by atoms with Gasteiger partial charge in [0.05, 0.1) is 18.6 Å². The number of nitrogens with zero attached hydrogens (tertiary/aromatic N) is 1. The number of hydrogen-bond acceptors (Lipinski definition) is 5. The van der Waals surface area contributed by atoms with Crippen molar-refractivity contribution in [3.8, 4) is 0 Å². The number of carbonyl (C=O) groups excluding carboxylic acids is 1. The van der Waals surface area contributed by atoms with Crippen molar-refractivity contribution in [3.63, 3.8) is 0 Å². The zero-order valence-electron chi connectivity index (χ0n) is 10.8. The van der Waals surface area contributed by atoms with E-state index >= 15 is 0 Å². The van der Waals surface area contributed by atoms with Crippen LogP contribution in [0, 0.1) is 0 Å². The van der Waals surface area contributed by atoms with Gasteiger partial charge in [0.2, 0.25) is 0 Å². The average Bonchev–Trinajstić information content (AvgIpc) is 2.48. The first-order chi connectivity index (χ1) is 9.74. The molecular formula is C14H14N2O4. The molecule has 1 fully saturated rings. The summed E-state index contributed by atoms with van der Waals surface area (Å²) in [4.78, 5) is 24.0. The summed E-state index contributed by atoms with van der Waals surface area (Å²) < 4.78 is 10.7. The van der Waals surface area contributed by atoms with Gasteiger partial charge in [0.25, 0.3) is 0 Å². The lowest BCUT2D eigenvalue weighted by Gasteiger charge is -2.26. The van der Waals surface area contributed by atoms with Gasteiger partial charge >= 0.3 is 5.91 Å². The third kappa shape index (κ3) is 2.56. The Morgan fingerprint density at radius 2 is 1.95 bits per heavy atom. The van der Waals surface area contributed by atoms with Crippen LogP contribution >= 0.6 is 0 Å². The number of ether oxygens (including phenoxy) is 1. The summed E-state index contributed by atoms with van der Waals surface area (Å²) >= 11 is 0. The van der Waals surface area contributed by atoms with Gasteiger partial charge < -0.3 is 9.15 Å². The zero-order valence-corrected chi connectivity index (χ0v) is 10.8. The Balaban J connectivity index is 1.86. The van der Waals surface area contributed by atoms with Crippen molar-refractivity contribution in [2.75, 3.05) is 26.3 Å². The first-order valence-corrected chi connectivity index (χ1v) is 6.40. The van der Waals surface area contributed by atoms with Crippen molar-refractivity contribution in [3.05, 3.63) is 46.3 Å². The first-order valence-electron chi connectivity index (χ1n) is 6.40. The molecule has 0 bridgehead atoms. The Morgan fingerprint density at radius 1 is 1.20 bits per heavy atom. The summed E-state index contributed by atoms with van der Waals surface area (Å²) in [7, 11) is 0. The molecule has 1 aromatic heterocycles. The van der Waals surface area contributed by atoms with Crippen LogP contribution in [0.1, 0.15) is 10.6 Å². The number of carbonyl (C=O) groups is 1. The molecule has 6 heteroatoms. The van der Waals surface area contributed by atoms with Gasteiger partial charge in [0.15, 0.2) is 11.2 Å². The fraction of sp³-hybridized carbons (Fsp3) is 0.286. The number of hydrazine groups is 1. The summed E-state index contributed by atoms with van der Waals surface area (Å²) in [6, 6.07) is 8.08. The topological polar surface area (TPSA) is 71.8 Å². The molecular weight excluding hydrogens is 260 g/mol. The van der Waals surface area contributed by atoms with Crippen LogP contribution in [0.25, 0.3) is 11.0 Å². The third-order valence-corrected chi connectivity index (χ3v) is 3.13.